The van der Waals surface area contributed by atoms with Gasteiger partial charge in [0.05, 0.1) is 5.02 Å². The van der Waals surface area contributed by atoms with Gasteiger partial charge in [-0.2, -0.15) is 0 Å². The van der Waals surface area contributed by atoms with Gasteiger partial charge in [-0.05, 0) is 37.7 Å². The fourth-order valence-corrected chi connectivity index (χ4v) is 3.41. The van der Waals surface area contributed by atoms with Crippen LogP contribution in [0.1, 0.15) is 25.5 Å². The van der Waals surface area contributed by atoms with Crippen molar-refractivity contribution in [1.82, 2.24) is 5.32 Å². The normalized spacial score (nSPS) is 12.4. The van der Waals surface area contributed by atoms with Gasteiger partial charge in [-0.1, -0.05) is 48.5 Å². The minimum Gasteiger partial charge on any atom is -0.310 e. The molecule has 2 rings (SSSR count). The van der Waals surface area contributed by atoms with E-state index in [4.69, 9.17) is 11.6 Å². The predicted octanol–water partition coefficient (Wildman–Crippen LogP) is 5.30. The molecule has 1 atom stereocenters. The van der Waals surface area contributed by atoms with Crippen LogP contribution >= 0.6 is 23.4 Å². The molecular weight excluding hydrogens is 293 g/mol. The Hall–Kier alpha value is -1.03. The first kappa shape index (κ1) is 15.4. The van der Waals surface area contributed by atoms with Crippen LogP contribution in [-0.4, -0.2) is 6.54 Å². The molecule has 0 aromatic heterocycles. The van der Waals surface area contributed by atoms with Crippen molar-refractivity contribution in [3.05, 3.63) is 58.9 Å². The van der Waals surface area contributed by atoms with Crippen LogP contribution in [0, 0.1) is 5.82 Å². The molecule has 20 heavy (non-hydrogen) atoms. The van der Waals surface area contributed by atoms with E-state index in [0.29, 0.717) is 10.6 Å². The fraction of sp³-hybridized carbons (Fsp3) is 0.250. The van der Waals surface area contributed by atoms with Crippen molar-refractivity contribution in [3.8, 4) is 0 Å². The molecule has 0 saturated carbocycles. The molecule has 0 radical (unpaired) electrons. The quantitative estimate of drug-likeness (QED) is 0.804. The summed E-state index contributed by atoms with van der Waals surface area (Å²) in [5, 5.41) is 3.94. The summed E-state index contributed by atoms with van der Waals surface area (Å²) in [6, 6.07) is 12.7. The fourth-order valence-electron chi connectivity index (χ4n) is 2.08. The Morgan fingerprint density at radius 2 is 1.85 bits per heavy atom. The number of benzene rings is 2. The molecule has 2 aromatic carbocycles. The number of hydrogen-bond acceptors (Lipinski definition) is 2. The Balaban J connectivity index is 2.37. The highest BCUT2D eigenvalue weighted by atomic mass is 35.5. The lowest BCUT2D eigenvalue weighted by atomic mass is 10.1. The van der Waals surface area contributed by atoms with E-state index in [0.717, 1.165) is 16.3 Å². The van der Waals surface area contributed by atoms with Crippen LogP contribution in [-0.2, 0) is 0 Å². The van der Waals surface area contributed by atoms with Crippen LogP contribution in [0.15, 0.2) is 52.3 Å². The first-order valence-electron chi connectivity index (χ1n) is 6.57. The second kappa shape index (κ2) is 7.11. The lowest BCUT2D eigenvalue weighted by Crippen LogP contribution is -2.19. The van der Waals surface area contributed by atoms with Gasteiger partial charge in [-0.3, -0.25) is 0 Å². The minimum absolute atomic E-state index is 0.0359. The van der Waals surface area contributed by atoms with Crippen molar-refractivity contribution >= 4 is 23.4 Å². The van der Waals surface area contributed by atoms with Gasteiger partial charge in [-0.15, -0.1) is 0 Å². The maximum absolute atomic E-state index is 14.1. The average molecular weight is 310 g/mol. The molecule has 0 aliphatic carbocycles. The second-order valence-corrected chi connectivity index (χ2v) is 5.95. The van der Waals surface area contributed by atoms with Crippen molar-refractivity contribution in [2.24, 2.45) is 0 Å². The summed E-state index contributed by atoms with van der Waals surface area (Å²) >= 11 is 7.67. The molecule has 0 spiro atoms. The monoisotopic (exact) mass is 309 g/mol. The zero-order valence-electron chi connectivity index (χ0n) is 11.5. The van der Waals surface area contributed by atoms with Gasteiger partial charge in [0.15, 0.2) is 0 Å². The number of hydrogen-bond donors (Lipinski definition) is 1. The van der Waals surface area contributed by atoms with E-state index >= 15 is 0 Å². The van der Waals surface area contributed by atoms with Gasteiger partial charge in [0.2, 0.25) is 0 Å². The Morgan fingerprint density at radius 1 is 1.15 bits per heavy atom. The summed E-state index contributed by atoms with van der Waals surface area (Å²) < 4.78 is 14.1. The Labute approximate surface area is 128 Å². The molecule has 0 bridgehead atoms. The average Bonchev–Trinajstić information content (AvgIpc) is 2.42. The van der Waals surface area contributed by atoms with Crippen molar-refractivity contribution in [2.75, 3.05) is 6.54 Å². The molecule has 0 aliphatic rings. The molecule has 1 nitrogen and oxygen atoms in total. The first-order chi connectivity index (χ1) is 9.63. The maximum atomic E-state index is 14.1. The van der Waals surface area contributed by atoms with Gasteiger partial charge >= 0.3 is 0 Å². The van der Waals surface area contributed by atoms with E-state index in [-0.39, 0.29) is 11.9 Å². The highest BCUT2D eigenvalue weighted by Crippen LogP contribution is 2.37. The van der Waals surface area contributed by atoms with E-state index in [1.54, 1.807) is 6.07 Å². The van der Waals surface area contributed by atoms with Gasteiger partial charge in [-0.25, -0.2) is 4.39 Å². The standard InChI is InChI=1S/C16H17ClFNS/c1-3-19-11(2)16-13(18)8-6-10-15(16)20-14-9-5-4-7-12(14)17/h4-11,19H,3H2,1-2H3. The summed E-state index contributed by atoms with van der Waals surface area (Å²) in [5.74, 6) is -0.185. The Kier molecular flexibility index (Phi) is 5.46. The Bertz CT molecular complexity index is 588. The van der Waals surface area contributed by atoms with Crippen LogP contribution in [0.5, 0.6) is 0 Å². The second-order valence-electron chi connectivity index (χ2n) is 4.46. The summed E-state index contributed by atoms with van der Waals surface area (Å²) in [5.41, 5.74) is 0.694. The molecule has 0 fully saturated rings. The molecular formula is C16H17ClFNS. The van der Waals surface area contributed by atoms with Crippen molar-refractivity contribution in [1.29, 1.82) is 0 Å². The lowest BCUT2D eigenvalue weighted by Gasteiger charge is -2.18. The third-order valence-corrected chi connectivity index (χ3v) is 4.61. The summed E-state index contributed by atoms with van der Waals surface area (Å²) in [4.78, 5) is 1.83. The molecule has 0 amide bonds. The largest absolute Gasteiger partial charge is 0.310 e. The Morgan fingerprint density at radius 3 is 2.55 bits per heavy atom. The van der Waals surface area contributed by atoms with Gasteiger partial charge < -0.3 is 5.32 Å². The molecule has 1 unspecified atom stereocenters. The van der Waals surface area contributed by atoms with Crippen LogP contribution in [0.3, 0.4) is 0 Å². The van der Waals surface area contributed by atoms with E-state index in [9.17, 15) is 4.39 Å². The van der Waals surface area contributed by atoms with E-state index in [1.807, 2.05) is 44.2 Å². The molecule has 4 heteroatoms. The molecule has 1 N–H and O–H groups in total. The minimum atomic E-state index is -0.185. The molecule has 0 saturated heterocycles. The van der Waals surface area contributed by atoms with Crippen LogP contribution in [0.25, 0.3) is 0 Å². The first-order valence-corrected chi connectivity index (χ1v) is 7.77. The summed E-state index contributed by atoms with van der Waals surface area (Å²) in [7, 11) is 0. The number of rotatable bonds is 5. The summed E-state index contributed by atoms with van der Waals surface area (Å²) in [6.07, 6.45) is 0. The maximum Gasteiger partial charge on any atom is 0.129 e. The molecule has 0 heterocycles. The SMILES string of the molecule is CCNC(C)c1c(F)cccc1Sc1ccccc1Cl. The van der Waals surface area contributed by atoms with Crippen molar-refractivity contribution in [3.63, 3.8) is 0 Å². The van der Waals surface area contributed by atoms with E-state index in [2.05, 4.69) is 5.32 Å². The smallest absolute Gasteiger partial charge is 0.129 e. The number of nitrogens with one attached hydrogen (secondary N) is 1. The highest BCUT2D eigenvalue weighted by molar-refractivity contribution is 7.99. The lowest BCUT2D eigenvalue weighted by molar-refractivity contribution is 0.531. The van der Waals surface area contributed by atoms with Gasteiger partial charge in [0.1, 0.15) is 5.82 Å². The van der Waals surface area contributed by atoms with Crippen molar-refractivity contribution in [2.45, 2.75) is 29.7 Å². The molecule has 106 valence electrons. The third-order valence-electron chi connectivity index (χ3n) is 3.01. The molecule has 0 aliphatic heterocycles. The van der Waals surface area contributed by atoms with Crippen molar-refractivity contribution < 1.29 is 4.39 Å². The van der Waals surface area contributed by atoms with Gasteiger partial charge in [0.25, 0.3) is 0 Å². The molecule has 2 aromatic rings. The van der Waals surface area contributed by atoms with E-state index < -0.39 is 0 Å². The third kappa shape index (κ3) is 3.54. The topological polar surface area (TPSA) is 12.0 Å². The van der Waals surface area contributed by atoms with Gasteiger partial charge in [0, 0.05) is 21.4 Å². The van der Waals surface area contributed by atoms with Crippen LogP contribution < -0.4 is 5.32 Å². The summed E-state index contributed by atoms with van der Waals surface area (Å²) in [6.45, 7) is 4.78. The predicted molar refractivity (Wildman–Crippen MR) is 84.1 cm³/mol. The van der Waals surface area contributed by atoms with E-state index in [1.165, 1.54) is 17.8 Å². The zero-order valence-corrected chi connectivity index (χ0v) is 13.1. The zero-order chi connectivity index (χ0) is 14.5. The number of halogens is 2. The highest BCUT2D eigenvalue weighted by Gasteiger charge is 2.16. The van der Waals surface area contributed by atoms with Crippen LogP contribution in [0.2, 0.25) is 5.02 Å². The van der Waals surface area contributed by atoms with Crippen LogP contribution in [0.4, 0.5) is 4.39 Å².